The van der Waals surface area contributed by atoms with Gasteiger partial charge in [0.1, 0.15) is 12.3 Å². The van der Waals surface area contributed by atoms with Gasteiger partial charge in [0.2, 0.25) is 5.91 Å². The molecule has 0 heterocycles. The average molecular weight is 303 g/mol. The van der Waals surface area contributed by atoms with E-state index in [4.69, 9.17) is 4.74 Å². The molecule has 0 bridgehead atoms. The van der Waals surface area contributed by atoms with E-state index in [-0.39, 0.29) is 13.0 Å². The Morgan fingerprint density at radius 1 is 1.33 bits per heavy atom. The van der Waals surface area contributed by atoms with Crippen LogP contribution in [0.3, 0.4) is 0 Å². The smallest absolute Gasteiger partial charge is 0.406 e. The molecule has 0 saturated carbocycles. The lowest BCUT2D eigenvalue weighted by Crippen LogP contribution is -2.38. The summed E-state index contributed by atoms with van der Waals surface area (Å²) in [5.74, 6) is 0.202. The number of benzene rings is 1. The van der Waals surface area contributed by atoms with E-state index in [2.05, 4.69) is 0 Å². The van der Waals surface area contributed by atoms with Gasteiger partial charge in [-0.3, -0.25) is 4.79 Å². The van der Waals surface area contributed by atoms with Crippen LogP contribution in [-0.2, 0) is 4.79 Å². The Morgan fingerprint density at radius 3 is 2.62 bits per heavy atom. The lowest BCUT2D eigenvalue weighted by atomic mass is 10.2. The topological polar surface area (TPSA) is 29.5 Å². The van der Waals surface area contributed by atoms with Crippen LogP contribution >= 0.6 is 0 Å². The van der Waals surface area contributed by atoms with Gasteiger partial charge in [0.25, 0.3) is 0 Å². The van der Waals surface area contributed by atoms with Crippen molar-refractivity contribution in [1.29, 1.82) is 0 Å². The highest BCUT2D eigenvalue weighted by Gasteiger charge is 2.31. The van der Waals surface area contributed by atoms with Gasteiger partial charge in [-0.25, -0.2) is 0 Å². The van der Waals surface area contributed by atoms with Crippen LogP contribution in [0.25, 0.3) is 0 Å². The van der Waals surface area contributed by atoms with Gasteiger partial charge in [-0.05, 0) is 38.0 Å². The molecule has 0 atom stereocenters. The maximum absolute atomic E-state index is 12.3. The van der Waals surface area contributed by atoms with Gasteiger partial charge < -0.3 is 9.64 Å². The summed E-state index contributed by atoms with van der Waals surface area (Å²) in [7, 11) is 0. The minimum atomic E-state index is -4.36. The molecule has 0 aliphatic rings. The molecule has 1 rings (SSSR count). The Hall–Kier alpha value is -1.72. The molecular weight excluding hydrogens is 283 g/mol. The van der Waals surface area contributed by atoms with Crippen LogP contribution in [0.4, 0.5) is 13.2 Å². The third-order valence-corrected chi connectivity index (χ3v) is 2.90. The largest absolute Gasteiger partial charge is 0.494 e. The number of carbonyl (C=O) groups is 1. The molecular formula is C15H20F3NO2. The van der Waals surface area contributed by atoms with Crippen molar-refractivity contribution < 1.29 is 22.7 Å². The predicted octanol–water partition coefficient (Wildman–Crippen LogP) is 3.56. The summed E-state index contributed by atoms with van der Waals surface area (Å²) in [5.41, 5.74) is 1.06. The second kappa shape index (κ2) is 7.90. The number of aryl methyl sites for hydroxylation is 1. The molecule has 1 amide bonds. The van der Waals surface area contributed by atoms with Crippen LogP contribution in [0, 0.1) is 6.92 Å². The lowest BCUT2D eigenvalue weighted by Gasteiger charge is -2.22. The molecule has 0 N–H and O–H groups in total. The lowest BCUT2D eigenvalue weighted by molar-refractivity contribution is -0.160. The zero-order valence-electron chi connectivity index (χ0n) is 12.2. The molecule has 0 aliphatic heterocycles. The highest BCUT2D eigenvalue weighted by Crippen LogP contribution is 2.17. The highest BCUT2D eigenvalue weighted by atomic mass is 19.4. The minimum absolute atomic E-state index is 0.0513. The first-order valence-corrected chi connectivity index (χ1v) is 6.86. The number of amides is 1. The van der Waals surface area contributed by atoms with E-state index in [0.717, 1.165) is 10.5 Å². The van der Waals surface area contributed by atoms with Crippen LogP contribution in [0.15, 0.2) is 24.3 Å². The Morgan fingerprint density at radius 2 is 2.05 bits per heavy atom. The number of hydrogen-bond donors (Lipinski definition) is 0. The van der Waals surface area contributed by atoms with E-state index in [1.807, 2.05) is 25.1 Å². The number of halogens is 3. The van der Waals surface area contributed by atoms with Crippen LogP contribution < -0.4 is 4.74 Å². The second-order valence-corrected chi connectivity index (χ2v) is 4.79. The molecule has 21 heavy (non-hydrogen) atoms. The van der Waals surface area contributed by atoms with Gasteiger partial charge in [0.05, 0.1) is 6.61 Å². The van der Waals surface area contributed by atoms with Crippen LogP contribution in [0.2, 0.25) is 0 Å². The fourth-order valence-electron chi connectivity index (χ4n) is 1.87. The van der Waals surface area contributed by atoms with Crippen molar-refractivity contribution >= 4 is 5.91 Å². The number of alkyl halides is 3. The molecule has 0 radical (unpaired) electrons. The number of nitrogens with zero attached hydrogens (tertiary/aromatic N) is 1. The van der Waals surface area contributed by atoms with E-state index in [1.54, 1.807) is 6.07 Å². The monoisotopic (exact) mass is 303 g/mol. The number of rotatable bonds is 7. The van der Waals surface area contributed by atoms with Gasteiger partial charge in [-0.2, -0.15) is 13.2 Å². The van der Waals surface area contributed by atoms with Crippen LogP contribution in [0.1, 0.15) is 25.3 Å². The van der Waals surface area contributed by atoms with Crippen molar-refractivity contribution in [2.24, 2.45) is 0 Å². The van der Waals surface area contributed by atoms with Crippen molar-refractivity contribution in [2.45, 2.75) is 32.9 Å². The first-order valence-electron chi connectivity index (χ1n) is 6.86. The Bertz CT molecular complexity index is 460. The van der Waals surface area contributed by atoms with Crippen LogP contribution in [0.5, 0.6) is 5.75 Å². The van der Waals surface area contributed by atoms with E-state index in [0.29, 0.717) is 18.8 Å². The maximum Gasteiger partial charge on any atom is 0.406 e. The highest BCUT2D eigenvalue weighted by molar-refractivity contribution is 5.76. The number of carbonyl (C=O) groups excluding carboxylic acids is 1. The molecule has 0 unspecified atom stereocenters. The Kier molecular flexibility index (Phi) is 6.52. The zero-order chi connectivity index (χ0) is 15.9. The Labute approximate surface area is 122 Å². The van der Waals surface area contributed by atoms with Gasteiger partial charge in [0, 0.05) is 13.0 Å². The summed E-state index contributed by atoms with van der Waals surface area (Å²) in [6.45, 7) is 2.64. The zero-order valence-corrected chi connectivity index (χ0v) is 12.2. The van der Waals surface area contributed by atoms with E-state index in [9.17, 15) is 18.0 Å². The normalized spacial score (nSPS) is 11.3. The minimum Gasteiger partial charge on any atom is -0.494 e. The summed E-state index contributed by atoms with van der Waals surface area (Å²) < 4.78 is 42.3. The molecule has 0 fully saturated rings. The van der Waals surface area contributed by atoms with Gasteiger partial charge >= 0.3 is 6.18 Å². The molecule has 118 valence electrons. The first kappa shape index (κ1) is 17.3. The van der Waals surface area contributed by atoms with Gasteiger partial charge in [-0.1, -0.05) is 12.1 Å². The quantitative estimate of drug-likeness (QED) is 0.721. The standard InChI is InChI=1S/C15H20F3NO2/c1-3-19(11-15(16,17)18)14(20)8-5-9-21-13-7-4-6-12(2)10-13/h4,6-7,10H,3,5,8-9,11H2,1-2H3. The summed E-state index contributed by atoms with van der Waals surface area (Å²) in [6.07, 6.45) is -3.92. The van der Waals surface area contributed by atoms with Crippen molar-refractivity contribution in [3.63, 3.8) is 0 Å². The van der Waals surface area contributed by atoms with E-state index < -0.39 is 18.6 Å². The molecule has 3 nitrogen and oxygen atoms in total. The van der Waals surface area contributed by atoms with Crippen molar-refractivity contribution in [2.75, 3.05) is 19.7 Å². The predicted molar refractivity (Wildman–Crippen MR) is 74.2 cm³/mol. The average Bonchev–Trinajstić information content (AvgIpc) is 2.40. The van der Waals surface area contributed by atoms with Gasteiger partial charge in [-0.15, -0.1) is 0 Å². The molecule has 0 saturated heterocycles. The second-order valence-electron chi connectivity index (χ2n) is 4.79. The van der Waals surface area contributed by atoms with E-state index in [1.165, 1.54) is 6.92 Å². The molecule has 0 aliphatic carbocycles. The van der Waals surface area contributed by atoms with Crippen molar-refractivity contribution in [1.82, 2.24) is 4.90 Å². The molecule has 1 aromatic carbocycles. The molecule has 0 spiro atoms. The third-order valence-electron chi connectivity index (χ3n) is 2.90. The summed E-state index contributed by atoms with van der Waals surface area (Å²) in [4.78, 5) is 12.5. The SMILES string of the molecule is CCN(CC(F)(F)F)C(=O)CCCOc1cccc(C)c1. The molecule has 0 aromatic heterocycles. The maximum atomic E-state index is 12.3. The van der Waals surface area contributed by atoms with Gasteiger partial charge in [0.15, 0.2) is 0 Å². The number of hydrogen-bond acceptors (Lipinski definition) is 2. The first-order chi connectivity index (χ1) is 9.81. The third kappa shape index (κ3) is 7.02. The van der Waals surface area contributed by atoms with Crippen LogP contribution in [-0.4, -0.2) is 36.7 Å². The summed E-state index contributed by atoms with van der Waals surface area (Å²) >= 11 is 0. The summed E-state index contributed by atoms with van der Waals surface area (Å²) in [6, 6.07) is 7.46. The fraction of sp³-hybridized carbons (Fsp3) is 0.533. The Balaban J connectivity index is 2.32. The fourth-order valence-corrected chi connectivity index (χ4v) is 1.87. The van der Waals surface area contributed by atoms with Crippen molar-refractivity contribution in [3.8, 4) is 5.75 Å². The number of ether oxygens (including phenoxy) is 1. The molecule has 1 aromatic rings. The summed E-state index contributed by atoms with van der Waals surface area (Å²) in [5, 5.41) is 0. The van der Waals surface area contributed by atoms with Crippen molar-refractivity contribution in [3.05, 3.63) is 29.8 Å². The molecule has 6 heteroatoms. The van der Waals surface area contributed by atoms with E-state index >= 15 is 0 Å².